The summed E-state index contributed by atoms with van der Waals surface area (Å²) >= 11 is 0. The molecule has 0 fully saturated rings. The van der Waals surface area contributed by atoms with Crippen molar-refractivity contribution in [1.29, 1.82) is 0 Å². The Morgan fingerprint density at radius 3 is 2.78 bits per heavy atom. The summed E-state index contributed by atoms with van der Waals surface area (Å²) in [6.45, 7) is 0.668. The third-order valence-electron chi connectivity index (χ3n) is 2.67. The summed E-state index contributed by atoms with van der Waals surface area (Å²) in [5.41, 5.74) is 2.04. The summed E-state index contributed by atoms with van der Waals surface area (Å²) in [4.78, 5) is 15.5. The molecular formula is C14H16N2O2. The van der Waals surface area contributed by atoms with E-state index in [-0.39, 0.29) is 5.91 Å². The van der Waals surface area contributed by atoms with Crippen LogP contribution in [0.2, 0.25) is 0 Å². The normalized spacial score (nSPS) is 10.2. The van der Waals surface area contributed by atoms with Crippen molar-refractivity contribution in [2.24, 2.45) is 0 Å². The van der Waals surface area contributed by atoms with E-state index in [0.29, 0.717) is 19.4 Å². The van der Waals surface area contributed by atoms with E-state index in [1.54, 1.807) is 6.26 Å². The topological polar surface area (TPSA) is 55.1 Å². The maximum atomic E-state index is 11.6. The Morgan fingerprint density at radius 2 is 2.06 bits per heavy atom. The molecule has 0 aliphatic heterocycles. The molecule has 0 radical (unpaired) electrons. The van der Waals surface area contributed by atoms with Crippen LogP contribution < -0.4 is 5.32 Å². The molecule has 0 unspecified atom stereocenters. The minimum atomic E-state index is 0.0499. The zero-order chi connectivity index (χ0) is 12.6. The molecule has 18 heavy (non-hydrogen) atoms. The van der Waals surface area contributed by atoms with Gasteiger partial charge in [-0.1, -0.05) is 30.3 Å². The Bertz CT molecular complexity index is 466. The molecule has 94 valence electrons. The second-order valence-electron chi connectivity index (χ2n) is 4.07. The van der Waals surface area contributed by atoms with Gasteiger partial charge in [0.2, 0.25) is 5.91 Å². The van der Waals surface area contributed by atoms with Gasteiger partial charge >= 0.3 is 0 Å². The Balaban J connectivity index is 1.63. The van der Waals surface area contributed by atoms with Gasteiger partial charge in [-0.3, -0.25) is 4.79 Å². The minimum Gasteiger partial charge on any atom is -0.451 e. The molecule has 2 rings (SSSR count). The predicted molar refractivity (Wildman–Crippen MR) is 68.0 cm³/mol. The first kappa shape index (κ1) is 12.4. The highest BCUT2D eigenvalue weighted by atomic mass is 16.3. The minimum absolute atomic E-state index is 0.0499. The van der Waals surface area contributed by atoms with E-state index in [1.165, 1.54) is 12.0 Å². The summed E-state index contributed by atoms with van der Waals surface area (Å²) in [6, 6.07) is 10.1. The van der Waals surface area contributed by atoms with E-state index in [0.717, 1.165) is 12.1 Å². The van der Waals surface area contributed by atoms with Crippen LogP contribution in [0.3, 0.4) is 0 Å². The van der Waals surface area contributed by atoms with Crippen molar-refractivity contribution in [2.75, 3.05) is 6.54 Å². The summed E-state index contributed by atoms with van der Waals surface area (Å²) in [5.74, 6) is 0.0499. The second kappa shape index (κ2) is 6.59. The van der Waals surface area contributed by atoms with Crippen LogP contribution >= 0.6 is 0 Å². The van der Waals surface area contributed by atoms with Crippen LogP contribution in [0.25, 0.3) is 0 Å². The fourth-order valence-electron chi connectivity index (χ4n) is 1.68. The Labute approximate surface area is 106 Å². The van der Waals surface area contributed by atoms with Gasteiger partial charge in [-0.05, 0) is 12.0 Å². The number of rotatable bonds is 6. The number of carbonyl (C=O) groups excluding carboxylic acids is 1. The highest BCUT2D eigenvalue weighted by Gasteiger charge is 2.03. The van der Waals surface area contributed by atoms with E-state index in [9.17, 15) is 4.79 Å². The van der Waals surface area contributed by atoms with E-state index in [2.05, 4.69) is 22.4 Å². The lowest BCUT2D eigenvalue weighted by atomic mass is 10.1. The number of hydrogen-bond acceptors (Lipinski definition) is 3. The highest BCUT2D eigenvalue weighted by molar-refractivity contribution is 5.76. The molecule has 1 N–H and O–H groups in total. The molecule has 0 saturated carbocycles. The first-order valence-corrected chi connectivity index (χ1v) is 6.02. The lowest BCUT2D eigenvalue weighted by molar-refractivity contribution is -0.121. The number of aromatic nitrogens is 1. The quantitative estimate of drug-likeness (QED) is 0.845. The molecule has 4 nitrogen and oxygen atoms in total. The third kappa shape index (κ3) is 4.05. The van der Waals surface area contributed by atoms with Gasteiger partial charge < -0.3 is 9.73 Å². The number of nitrogens with zero attached hydrogens (tertiary/aromatic N) is 1. The smallest absolute Gasteiger partial charge is 0.220 e. The van der Waals surface area contributed by atoms with Gasteiger partial charge in [0, 0.05) is 19.4 Å². The number of hydrogen-bond donors (Lipinski definition) is 1. The van der Waals surface area contributed by atoms with Crippen LogP contribution in [0.4, 0.5) is 0 Å². The van der Waals surface area contributed by atoms with Gasteiger partial charge in [0.15, 0.2) is 6.39 Å². The zero-order valence-corrected chi connectivity index (χ0v) is 10.1. The van der Waals surface area contributed by atoms with Crippen LogP contribution in [0.1, 0.15) is 17.7 Å². The molecule has 1 aromatic carbocycles. The monoisotopic (exact) mass is 244 g/mol. The van der Waals surface area contributed by atoms with Crippen LogP contribution in [-0.4, -0.2) is 17.4 Å². The maximum absolute atomic E-state index is 11.6. The zero-order valence-electron chi connectivity index (χ0n) is 10.1. The Kier molecular flexibility index (Phi) is 4.53. The molecule has 4 heteroatoms. The summed E-state index contributed by atoms with van der Waals surface area (Å²) < 4.78 is 4.84. The summed E-state index contributed by atoms with van der Waals surface area (Å²) in [7, 11) is 0. The molecule has 0 spiro atoms. The molecular weight excluding hydrogens is 228 g/mol. The average molecular weight is 244 g/mol. The van der Waals surface area contributed by atoms with Crippen LogP contribution in [-0.2, 0) is 17.6 Å². The van der Waals surface area contributed by atoms with Crippen LogP contribution in [0, 0.1) is 0 Å². The van der Waals surface area contributed by atoms with Gasteiger partial charge in [0.05, 0.1) is 5.69 Å². The van der Waals surface area contributed by atoms with E-state index in [4.69, 9.17) is 4.42 Å². The van der Waals surface area contributed by atoms with Crippen molar-refractivity contribution in [3.63, 3.8) is 0 Å². The largest absolute Gasteiger partial charge is 0.451 e. The highest BCUT2D eigenvalue weighted by Crippen LogP contribution is 2.00. The van der Waals surface area contributed by atoms with Gasteiger partial charge in [0.1, 0.15) is 6.26 Å². The summed E-state index contributed by atoms with van der Waals surface area (Å²) in [5, 5.41) is 2.90. The Hall–Kier alpha value is -2.10. The number of nitrogens with one attached hydrogen (secondary N) is 1. The second-order valence-corrected chi connectivity index (χ2v) is 4.07. The van der Waals surface area contributed by atoms with Crippen molar-refractivity contribution < 1.29 is 9.21 Å². The van der Waals surface area contributed by atoms with E-state index < -0.39 is 0 Å². The van der Waals surface area contributed by atoms with Crippen LogP contribution in [0.15, 0.2) is 47.4 Å². The van der Waals surface area contributed by atoms with Crippen molar-refractivity contribution in [2.45, 2.75) is 19.3 Å². The van der Waals surface area contributed by atoms with Crippen LogP contribution in [0.5, 0.6) is 0 Å². The number of benzene rings is 1. The standard InChI is InChI=1S/C14H16N2O2/c17-14(7-6-13-10-18-11-16-13)15-9-8-12-4-2-1-3-5-12/h1-5,10-11H,6-9H2,(H,15,17). The first-order chi connectivity index (χ1) is 8.84. The fraction of sp³-hybridized carbons (Fsp3) is 0.286. The number of aryl methyl sites for hydroxylation is 1. The SMILES string of the molecule is O=C(CCc1cocn1)NCCc1ccccc1. The van der Waals surface area contributed by atoms with Crippen molar-refractivity contribution in [3.8, 4) is 0 Å². The molecule has 1 heterocycles. The van der Waals surface area contributed by atoms with E-state index in [1.807, 2.05) is 18.2 Å². The van der Waals surface area contributed by atoms with Crippen molar-refractivity contribution in [3.05, 3.63) is 54.2 Å². The molecule has 0 aliphatic carbocycles. The number of amides is 1. The first-order valence-electron chi connectivity index (χ1n) is 6.02. The molecule has 2 aromatic rings. The molecule has 1 amide bonds. The maximum Gasteiger partial charge on any atom is 0.220 e. The van der Waals surface area contributed by atoms with Crippen molar-refractivity contribution >= 4 is 5.91 Å². The van der Waals surface area contributed by atoms with Gasteiger partial charge in [-0.25, -0.2) is 4.98 Å². The third-order valence-corrected chi connectivity index (χ3v) is 2.67. The molecule has 0 bridgehead atoms. The molecule has 0 saturated heterocycles. The summed E-state index contributed by atoms with van der Waals surface area (Å²) in [6.07, 6.45) is 4.87. The number of oxazole rings is 1. The Morgan fingerprint density at radius 1 is 1.22 bits per heavy atom. The number of carbonyl (C=O) groups is 1. The average Bonchev–Trinajstić information content (AvgIpc) is 2.91. The van der Waals surface area contributed by atoms with Gasteiger partial charge in [0.25, 0.3) is 0 Å². The van der Waals surface area contributed by atoms with E-state index >= 15 is 0 Å². The van der Waals surface area contributed by atoms with Gasteiger partial charge in [-0.2, -0.15) is 0 Å². The predicted octanol–water partition coefficient (Wildman–Crippen LogP) is 1.97. The molecule has 0 aliphatic rings. The molecule has 1 aromatic heterocycles. The fourth-order valence-corrected chi connectivity index (χ4v) is 1.68. The lowest BCUT2D eigenvalue weighted by Crippen LogP contribution is -2.25. The van der Waals surface area contributed by atoms with Gasteiger partial charge in [-0.15, -0.1) is 0 Å². The lowest BCUT2D eigenvalue weighted by Gasteiger charge is -2.04. The molecule has 0 atom stereocenters. The van der Waals surface area contributed by atoms with Crippen molar-refractivity contribution in [1.82, 2.24) is 10.3 Å².